The van der Waals surface area contributed by atoms with Crippen molar-refractivity contribution in [2.45, 2.75) is 32.0 Å². The van der Waals surface area contributed by atoms with Gasteiger partial charge in [-0.15, -0.1) is 24.0 Å². The standard InChI is InChI=1S/C15H27N3O3.HI/c1-15(10-19-11-15)9-17-14(16-2)18-5-7-21-13(8-18)12-4-3-6-20-12;/h12-13H,3-11H2,1-2H3,(H,16,17);1H. The van der Waals surface area contributed by atoms with Gasteiger partial charge < -0.3 is 24.4 Å². The lowest BCUT2D eigenvalue weighted by Gasteiger charge is -2.41. The second kappa shape index (κ2) is 8.12. The average Bonchev–Trinajstić information content (AvgIpc) is 3.01. The minimum Gasteiger partial charge on any atom is -0.380 e. The maximum Gasteiger partial charge on any atom is 0.193 e. The summed E-state index contributed by atoms with van der Waals surface area (Å²) in [6.45, 7) is 8.17. The molecule has 0 spiro atoms. The van der Waals surface area contributed by atoms with Crippen molar-refractivity contribution in [2.24, 2.45) is 10.4 Å². The highest BCUT2D eigenvalue weighted by atomic mass is 127. The lowest BCUT2D eigenvalue weighted by atomic mass is 9.89. The van der Waals surface area contributed by atoms with E-state index >= 15 is 0 Å². The van der Waals surface area contributed by atoms with Crippen molar-refractivity contribution in [1.29, 1.82) is 0 Å². The number of hydrogen-bond acceptors (Lipinski definition) is 4. The van der Waals surface area contributed by atoms with Crippen molar-refractivity contribution in [2.75, 3.05) is 53.1 Å². The molecule has 3 aliphatic heterocycles. The number of halogens is 1. The summed E-state index contributed by atoms with van der Waals surface area (Å²) in [6.07, 6.45) is 2.68. The molecule has 3 fully saturated rings. The summed E-state index contributed by atoms with van der Waals surface area (Å²) < 4.78 is 17.0. The smallest absolute Gasteiger partial charge is 0.193 e. The first-order valence-electron chi connectivity index (χ1n) is 7.97. The third kappa shape index (κ3) is 4.24. The highest BCUT2D eigenvalue weighted by Gasteiger charge is 2.35. The Kier molecular flexibility index (Phi) is 6.73. The quantitative estimate of drug-likeness (QED) is 0.417. The van der Waals surface area contributed by atoms with Crippen LogP contribution in [0.15, 0.2) is 4.99 Å². The summed E-state index contributed by atoms with van der Waals surface area (Å²) in [5, 5.41) is 3.49. The van der Waals surface area contributed by atoms with Crippen LogP contribution in [0.4, 0.5) is 0 Å². The molecule has 0 bridgehead atoms. The molecule has 6 nitrogen and oxygen atoms in total. The van der Waals surface area contributed by atoms with Crippen LogP contribution in [-0.4, -0.2) is 76.2 Å². The second-order valence-corrected chi connectivity index (χ2v) is 6.61. The van der Waals surface area contributed by atoms with E-state index in [4.69, 9.17) is 14.2 Å². The molecule has 0 aliphatic carbocycles. The minimum atomic E-state index is 0. The molecule has 0 amide bonds. The van der Waals surface area contributed by atoms with Crippen molar-refractivity contribution >= 4 is 29.9 Å². The van der Waals surface area contributed by atoms with E-state index in [0.717, 1.165) is 64.9 Å². The molecule has 2 atom stereocenters. The van der Waals surface area contributed by atoms with Gasteiger partial charge in [0.1, 0.15) is 6.10 Å². The number of guanidine groups is 1. The van der Waals surface area contributed by atoms with Crippen LogP contribution in [0.1, 0.15) is 19.8 Å². The van der Waals surface area contributed by atoms with Crippen LogP contribution in [0.2, 0.25) is 0 Å². The number of nitrogens with one attached hydrogen (secondary N) is 1. The van der Waals surface area contributed by atoms with E-state index in [1.807, 2.05) is 7.05 Å². The average molecular weight is 425 g/mol. The van der Waals surface area contributed by atoms with Crippen molar-refractivity contribution in [3.05, 3.63) is 0 Å². The highest BCUT2D eigenvalue weighted by molar-refractivity contribution is 14.0. The van der Waals surface area contributed by atoms with Crippen LogP contribution in [-0.2, 0) is 14.2 Å². The first-order chi connectivity index (χ1) is 10.2. The SMILES string of the molecule is CN=C(NCC1(C)COC1)N1CCOC(C2CCCO2)C1.I. The van der Waals surface area contributed by atoms with Gasteiger partial charge in [0.15, 0.2) is 5.96 Å². The summed E-state index contributed by atoms with van der Waals surface area (Å²) in [5.41, 5.74) is 0.246. The maximum absolute atomic E-state index is 5.90. The molecule has 0 aromatic rings. The molecule has 0 radical (unpaired) electrons. The zero-order valence-electron chi connectivity index (χ0n) is 13.5. The summed E-state index contributed by atoms with van der Waals surface area (Å²) >= 11 is 0. The van der Waals surface area contributed by atoms with Gasteiger partial charge in [-0.3, -0.25) is 4.99 Å². The minimum absolute atomic E-state index is 0. The summed E-state index contributed by atoms with van der Waals surface area (Å²) in [6, 6.07) is 0. The Bertz CT molecular complexity index is 384. The third-order valence-electron chi connectivity index (χ3n) is 4.56. The largest absolute Gasteiger partial charge is 0.380 e. The van der Waals surface area contributed by atoms with E-state index in [1.54, 1.807) is 0 Å². The Morgan fingerprint density at radius 3 is 2.64 bits per heavy atom. The van der Waals surface area contributed by atoms with E-state index in [1.165, 1.54) is 0 Å². The topological polar surface area (TPSA) is 55.3 Å². The fraction of sp³-hybridized carbons (Fsp3) is 0.933. The number of rotatable bonds is 3. The van der Waals surface area contributed by atoms with Gasteiger partial charge in [0.05, 0.1) is 25.9 Å². The third-order valence-corrected chi connectivity index (χ3v) is 4.56. The van der Waals surface area contributed by atoms with Crippen LogP contribution < -0.4 is 5.32 Å². The van der Waals surface area contributed by atoms with E-state index in [9.17, 15) is 0 Å². The second-order valence-electron chi connectivity index (χ2n) is 6.61. The molecule has 3 rings (SSSR count). The van der Waals surface area contributed by atoms with Crippen molar-refractivity contribution in [3.8, 4) is 0 Å². The van der Waals surface area contributed by atoms with Crippen molar-refractivity contribution < 1.29 is 14.2 Å². The van der Waals surface area contributed by atoms with E-state index in [-0.39, 0.29) is 41.6 Å². The van der Waals surface area contributed by atoms with Crippen LogP contribution >= 0.6 is 24.0 Å². The Morgan fingerprint density at radius 2 is 2.05 bits per heavy atom. The van der Waals surface area contributed by atoms with Gasteiger partial charge in [-0.05, 0) is 12.8 Å². The zero-order valence-corrected chi connectivity index (χ0v) is 15.9. The van der Waals surface area contributed by atoms with Gasteiger partial charge in [0.25, 0.3) is 0 Å². The molecule has 2 unspecified atom stereocenters. The van der Waals surface area contributed by atoms with E-state index in [0.29, 0.717) is 0 Å². The first kappa shape index (κ1) is 18.2. The van der Waals surface area contributed by atoms with Crippen LogP contribution in [0.3, 0.4) is 0 Å². The van der Waals surface area contributed by atoms with E-state index < -0.39 is 0 Å². The fourth-order valence-corrected chi connectivity index (χ4v) is 3.17. The Hall–Kier alpha value is -0.120. The molecule has 0 aromatic heterocycles. The predicted octanol–water partition coefficient (Wildman–Crippen LogP) is 1.10. The monoisotopic (exact) mass is 425 g/mol. The molecule has 7 heteroatoms. The van der Waals surface area contributed by atoms with Gasteiger partial charge in [-0.1, -0.05) is 6.92 Å². The molecule has 128 valence electrons. The lowest BCUT2D eigenvalue weighted by Crippen LogP contribution is -2.56. The Balaban J connectivity index is 0.00000176. The summed E-state index contributed by atoms with van der Waals surface area (Å²) in [7, 11) is 1.85. The molecule has 0 aromatic carbocycles. The number of morpholine rings is 1. The van der Waals surface area contributed by atoms with Gasteiger partial charge in [0.2, 0.25) is 0 Å². The van der Waals surface area contributed by atoms with Crippen molar-refractivity contribution in [3.63, 3.8) is 0 Å². The predicted molar refractivity (Wildman–Crippen MR) is 96.0 cm³/mol. The zero-order chi connectivity index (χ0) is 14.7. The molecular formula is C15H28IN3O3. The highest BCUT2D eigenvalue weighted by Crippen LogP contribution is 2.25. The number of hydrogen-bond donors (Lipinski definition) is 1. The molecule has 3 aliphatic rings. The number of nitrogens with zero attached hydrogens (tertiary/aromatic N) is 2. The van der Waals surface area contributed by atoms with Gasteiger partial charge >= 0.3 is 0 Å². The molecule has 0 saturated carbocycles. The summed E-state index contributed by atoms with van der Waals surface area (Å²) in [4.78, 5) is 6.72. The van der Waals surface area contributed by atoms with Gasteiger partial charge in [-0.25, -0.2) is 0 Å². The van der Waals surface area contributed by atoms with Crippen LogP contribution in [0, 0.1) is 5.41 Å². The van der Waals surface area contributed by atoms with Crippen LogP contribution in [0.25, 0.3) is 0 Å². The number of aliphatic imine (C=N–C) groups is 1. The Morgan fingerprint density at radius 1 is 1.27 bits per heavy atom. The van der Waals surface area contributed by atoms with Gasteiger partial charge in [-0.2, -0.15) is 0 Å². The van der Waals surface area contributed by atoms with Crippen molar-refractivity contribution in [1.82, 2.24) is 10.2 Å². The molecule has 1 N–H and O–H groups in total. The first-order valence-corrected chi connectivity index (χ1v) is 7.97. The lowest BCUT2D eigenvalue weighted by molar-refractivity contribution is -0.0983. The van der Waals surface area contributed by atoms with Gasteiger partial charge in [0, 0.05) is 38.7 Å². The summed E-state index contributed by atoms with van der Waals surface area (Å²) in [5.74, 6) is 0.967. The fourth-order valence-electron chi connectivity index (χ4n) is 3.17. The normalized spacial score (nSPS) is 31.4. The molecule has 22 heavy (non-hydrogen) atoms. The maximum atomic E-state index is 5.90. The number of ether oxygens (including phenoxy) is 3. The Labute approximate surface area is 150 Å². The molecule has 3 saturated heterocycles. The van der Waals surface area contributed by atoms with E-state index in [2.05, 4.69) is 22.1 Å². The molecule has 3 heterocycles. The van der Waals surface area contributed by atoms with Crippen LogP contribution in [0.5, 0.6) is 0 Å². The molecular weight excluding hydrogens is 397 g/mol.